The molecule has 1 aromatic heterocycles. The number of carbonyl (C=O) groups excluding carboxylic acids is 1. The van der Waals surface area contributed by atoms with E-state index in [1.807, 2.05) is 30.3 Å². The zero-order valence-electron chi connectivity index (χ0n) is 12.3. The average Bonchev–Trinajstić information content (AvgIpc) is 3.18. The van der Waals surface area contributed by atoms with E-state index in [0.29, 0.717) is 18.0 Å². The van der Waals surface area contributed by atoms with Gasteiger partial charge in [-0.15, -0.1) is 0 Å². The summed E-state index contributed by atoms with van der Waals surface area (Å²) in [5.41, 5.74) is 0.516. The zero-order valence-corrected chi connectivity index (χ0v) is 14.0. The SMILES string of the molecule is O=C(CCSC1=NCCS1)Nc1cc(=O)n(-c2ccccc2)[nH]1. The predicted octanol–water partition coefficient (Wildman–Crippen LogP) is 2.33. The Morgan fingerprint density at radius 3 is 2.96 bits per heavy atom. The Labute approximate surface area is 141 Å². The maximum absolute atomic E-state index is 12.0. The number of carbonyl (C=O) groups is 1. The summed E-state index contributed by atoms with van der Waals surface area (Å²) in [6, 6.07) is 10.6. The predicted molar refractivity (Wildman–Crippen MR) is 96.9 cm³/mol. The molecule has 23 heavy (non-hydrogen) atoms. The third-order valence-electron chi connectivity index (χ3n) is 3.12. The highest BCUT2D eigenvalue weighted by Crippen LogP contribution is 2.22. The van der Waals surface area contributed by atoms with Crippen molar-refractivity contribution >= 4 is 39.6 Å². The van der Waals surface area contributed by atoms with Crippen LogP contribution in [0, 0.1) is 0 Å². The standard InChI is InChI=1S/C15H16N4O2S2/c20-13(6-8-22-15-16-7-9-23-15)17-12-10-14(21)19(18-12)11-4-2-1-3-5-11/h1-5,10,18H,6-9H2,(H,17,20). The van der Waals surface area contributed by atoms with Crippen molar-refractivity contribution in [3.05, 3.63) is 46.8 Å². The lowest BCUT2D eigenvalue weighted by molar-refractivity contribution is -0.115. The number of amides is 1. The van der Waals surface area contributed by atoms with Crippen LogP contribution in [0.15, 0.2) is 46.2 Å². The van der Waals surface area contributed by atoms with Crippen LogP contribution in [0.3, 0.4) is 0 Å². The summed E-state index contributed by atoms with van der Waals surface area (Å²) in [5, 5.41) is 5.62. The van der Waals surface area contributed by atoms with Crippen LogP contribution >= 0.6 is 23.5 Å². The Balaban J connectivity index is 1.55. The van der Waals surface area contributed by atoms with Crippen molar-refractivity contribution in [3.63, 3.8) is 0 Å². The van der Waals surface area contributed by atoms with Crippen LogP contribution < -0.4 is 10.9 Å². The van der Waals surface area contributed by atoms with E-state index in [1.165, 1.54) is 10.7 Å². The molecule has 1 amide bonds. The smallest absolute Gasteiger partial charge is 0.273 e. The molecule has 120 valence electrons. The molecule has 8 heteroatoms. The third-order valence-corrected chi connectivity index (χ3v) is 5.38. The molecule has 0 saturated carbocycles. The number of hydrogen-bond acceptors (Lipinski definition) is 5. The second kappa shape index (κ2) is 7.56. The zero-order chi connectivity index (χ0) is 16.1. The molecule has 0 radical (unpaired) electrons. The molecule has 1 aromatic carbocycles. The van der Waals surface area contributed by atoms with Gasteiger partial charge in [0.1, 0.15) is 10.2 Å². The molecule has 0 fully saturated rings. The van der Waals surface area contributed by atoms with Gasteiger partial charge >= 0.3 is 0 Å². The van der Waals surface area contributed by atoms with Crippen LogP contribution in [0.5, 0.6) is 0 Å². The van der Waals surface area contributed by atoms with Crippen molar-refractivity contribution < 1.29 is 4.79 Å². The molecule has 3 rings (SSSR count). The maximum Gasteiger partial charge on any atom is 0.273 e. The first-order valence-electron chi connectivity index (χ1n) is 7.20. The van der Waals surface area contributed by atoms with E-state index in [4.69, 9.17) is 0 Å². The number of benzene rings is 1. The number of para-hydroxylation sites is 1. The maximum atomic E-state index is 12.0. The monoisotopic (exact) mass is 348 g/mol. The van der Waals surface area contributed by atoms with Gasteiger partial charge in [-0.1, -0.05) is 41.7 Å². The molecule has 1 aliphatic rings. The van der Waals surface area contributed by atoms with Crippen LogP contribution in [-0.4, -0.2) is 38.1 Å². The number of aromatic nitrogens is 2. The van der Waals surface area contributed by atoms with Crippen molar-refractivity contribution in [2.45, 2.75) is 6.42 Å². The van der Waals surface area contributed by atoms with Gasteiger partial charge in [0, 0.05) is 24.0 Å². The largest absolute Gasteiger partial charge is 0.311 e. The van der Waals surface area contributed by atoms with Crippen LogP contribution in [-0.2, 0) is 4.79 Å². The number of aliphatic imine (C=N–C) groups is 1. The van der Waals surface area contributed by atoms with Crippen molar-refractivity contribution in [2.75, 3.05) is 23.4 Å². The van der Waals surface area contributed by atoms with E-state index in [2.05, 4.69) is 15.4 Å². The van der Waals surface area contributed by atoms with Gasteiger partial charge in [0.25, 0.3) is 5.56 Å². The number of aromatic amines is 1. The first kappa shape index (κ1) is 15.9. The first-order chi connectivity index (χ1) is 11.2. The third kappa shape index (κ3) is 4.29. The lowest BCUT2D eigenvalue weighted by atomic mass is 10.3. The fourth-order valence-electron chi connectivity index (χ4n) is 2.08. The Bertz CT molecular complexity index is 767. The van der Waals surface area contributed by atoms with E-state index >= 15 is 0 Å². The summed E-state index contributed by atoms with van der Waals surface area (Å²) in [6.07, 6.45) is 0.378. The summed E-state index contributed by atoms with van der Waals surface area (Å²) in [7, 11) is 0. The molecule has 0 atom stereocenters. The minimum absolute atomic E-state index is 0.123. The van der Waals surface area contributed by atoms with Gasteiger partial charge in [0.05, 0.1) is 12.2 Å². The Morgan fingerprint density at radius 2 is 2.22 bits per heavy atom. The second-order valence-electron chi connectivity index (χ2n) is 4.82. The summed E-state index contributed by atoms with van der Waals surface area (Å²) in [4.78, 5) is 28.2. The summed E-state index contributed by atoms with van der Waals surface area (Å²) < 4.78 is 2.45. The van der Waals surface area contributed by atoms with Gasteiger partial charge in [-0.2, -0.15) is 0 Å². The topological polar surface area (TPSA) is 79.2 Å². The van der Waals surface area contributed by atoms with Crippen molar-refractivity contribution in [2.24, 2.45) is 4.99 Å². The molecule has 0 unspecified atom stereocenters. The molecule has 2 N–H and O–H groups in total. The number of thioether (sulfide) groups is 2. The summed E-state index contributed by atoms with van der Waals surface area (Å²) in [6.45, 7) is 0.868. The fourth-order valence-corrected chi connectivity index (χ4v) is 4.09. The van der Waals surface area contributed by atoms with Gasteiger partial charge in [-0.25, -0.2) is 4.68 Å². The summed E-state index contributed by atoms with van der Waals surface area (Å²) >= 11 is 3.33. The number of nitrogens with zero attached hydrogens (tertiary/aromatic N) is 2. The van der Waals surface area contributed by atoms with Gasteiger partial charge in [-0.3, -0.25) is 19.7 Å². The normalized spacial score (nSPS) is 13.8. The number of H-pyrrole nitrogens is 1. The molecule has 0 spiro atoms. The number of nitrogens with one attached hydrogen (secondary N) is 2. The van der Waals surface area contributed by atoms with Gasteiger partial charge in [-0.05, 0) is 12.1 Å². The number of anilines is 1. The molecule has 1 aliphatic heterocycles. The van der Waals surface area contributed by atoms with Crippen LogP contribution in [0.1, 0.15) is 6.42 Å². The molecule has 6 nitrogen and oxygen atoms in total. The minimum Gasteiger partial charge on any atom is -0.311 e. The highest BCUT2D eigenvalue weighted by atomic mass is 32.2. The average molecular weight is 348 g/mol. The molecule has 2 heterocycles. The quantitative estimate of drug-likeness (QED) is 0.869. The molecule has 0 saturated heterocycles. The first-order valence-corrected chi connectivity index (χ1v) is 9.17. The molecule has 2 aromatic rings. The van der Waals surface area contributed by atoms with Crippen molar-refractivity contribution in [1.82, 2.24) is 9.78 Å². The van der Waals surface area contributed by atoms with Crippen LogP contribution in [0.25, 0.3) is 5.69 Å². The Hall–Kier alpha value is -1.93. The minimum atomic E-state index is -0.211. The fraction of sp³-hybridized carbons (Fsp3) is 0.267. The van der Waals surface area contributed by atoms with E-state index in [9.17, 15) is 9.59 Å². The second-order valence-corrected chi connectivity index (χ2v) is 7.25. The Morgan fingerprint density at radius 1 is 1.39 bits per heavy atom. The van der Waals surface area contributed by atoms with E-state index < -0.39 is 0 Å². The molecule has 0 aliphatic carbocycles. The molecular weight excluding hydrogens is 332 g/mol. The van der Waals surface area contributed by atoms with Crippen molar-refractivity contribution in [3.8, 4) is 5.69 Å². The van der Waals surface area contributed by atoms with Gasteiger partial charge in [0.15, 0.2) is 0 Å². The van der Waals surface area contributed by atoms with Gasteiger partial charge in [0.2, 0.25) is 5.91 Å². The lowest BCUT2D eigenvalue weighted by Gasteiger charge is -2.04. The van der Waals surface area contributed by atoms with E-state index in [1.54, 1.807) is 23.5 Å². The highest BCUT2D eigenvalue weighted by Gasteiger charge is 2.11. The molecule has 0 bridgehead atoms. The van der Waals surface area contributed by atoms with E-state index in [0.717, 1.165) is 22.4 Å². The van der Waals surface area contributed by atoms with Crippen molar-refractivity contribution in [1.29, 1.82) is 0 Å². The van der Waals surface area contributed by atoms with E-state index in [-0.39, 0.29) is 11.5 Å². The van der Waals surface area contributed by atoms with Crippen LogP contribution in [0.2, 0.25) is 0 Å². The number of hydrogen-bond donors (Lipinski definition) is 2. The molecular formula is C15H16N4O2S2. The Kier molecular flexibility index (Phi) is 5.24. The summed E-state index contributed by atoms with van der Waals surface area (Å²) in [5.74, 6) is 1.99. The number of rotatable bonds is 5. The van der Waals surface area contributed by atoms with Gasteiger partial charge < -0.3 is 5.32 Å². The van der Waals surface area contributed by atoms with Crippen LogP contribution in [0.4, 0.5) is 5.82 Å². The lowest BCUT2D eigenvalue weighted by Crippen LogP contribution is -2.14. The highest BCUT2D eigenvalue weighted by molar-refractivity contribution is 8.39.